The zero-order valence-electron chi connectivity index (χ0n) is 28.7. The third-order valence-corrected chi connectivity index (χ3v) is 13.5. The molecular weight excluding hydrogens is 741 g/mol. The van der Waals surface area contributed by atoms with E-state index in [-0.39, 0.29) is 0 Å². The summed E-state index contributed by atoms with van der Waals surface area (Å²) in [6, 6.07) is 25.1. The molecule has 256 valence electrons. The van der Waals surface area contributed by atoms with Gasteiger partial charge in [-0.25, -0.2) is 0 Å². The number of hydrogen-bond donors (Lipinski definition) is 7. The Morgan fingerprint density at radius 1 is 0.420 bits per heavy atom. The van der Waals surface area contributed by atoms with Crippen LogP contribution in [0, 0.1) is 17.8 Å². The van der Waals surface area contributed by atoms with Crippen LogP contribution in [0.2, 0.25) is 0 Å². The molecule has 0 amide bonds. The standard InChI is InChI=1S/C43H42S7/c1-26-22-29(44)6-10-33(26)42(4,34-11-7-30(45)23-37(34)48)40(2)18-14-27-16-20-41(3,21-17-28(27)15-19-40)43(5,35-12-8-31(46)24-38(35)49)36-13-9-32(47)25-39(36)50/h6-25,44-50H,1-5H3. The lowest BCUT2D eigenvalue weighted by Crippen LogP contribution is -2.41. The van der Waals surface area contributed by atoms with Gasteiger partial charge in [-0.2, -0.15) is 0 Å². The maximum Gasteiger partial charge on any atom is 0.0319 e. The highest BCUT2D eigenvalue weighted by Gasteiger charge is 2.48. The van der Waals surface area contributed by atoms with Crippen molar-refractivity contribution in [3.05, 3.63) is 160 Å². The van der Waals surface area contributed by atoms with Crippen molar-refractivity contribution in [2.75, 3.05) is 0 Å². The predicted molar refractivity (Wildman–Crippen MR) is 234 cm³/mol. The molecule has 2 aliphatic rings. The number of allylic oxidation sites excluding steroid dienone is 10. The molecule has 1 atom stereocenters. The summed E-state index contributed by atoms with van der Waals surface area (Å²) in [5.41, 5.74) is 6.12. The third-order valence-electron chi connectivity index (χ3n) is 11.2. The Labute approximate surface area is 336 Å². The Hall–Kier alpha value is -1.97. The number of aryl methyl sites for hydroxylation is 1. The van der Waals surface area contributed by atoms with Crippen LogP contribution in [0.4, 0.5) is 0 Å². The van der Waals surface area contributed by atoms with E-state index in [1.165, 1.54) is 11.1 Å². The molecule has 0 saturated heterocycles. The van der Waals surface area contributed by atoms with E-state index < -0.39 is 21.7 Å². The Morgan fingerprint density at radius 3 is 1.00 bits per heavy atom. The fourth-order valence-electron chi connectivity index (χ4n) is 7.81. The van der Waals surface area contributed by atoms with Gasteiger partial charge in [-0.3, -0.25) is 0 Å². The van der Waals surface area contributed by atoms with Gasteiger partial charge in [0, 0.05) is 55.9 Å². The molecular formula is C43H42S7. The highest BCUT2D eigenvalue weighted by Crippen LogP contribution is 2.55. The van der Waals surface area contributed by atoms with Crippen LogP contribution in [-0.4, -0.2) is 0 Å². The topological polar surface area (TPSA) is 0 Å². The first-order chi connectivity index (χ1) is 23.5. The number of benzene rings is 4. The number of hydrogen-bond acceptors (Lipinski definition) is 7. The van der Waals surface area contributed by atoms with Gasteiger partial charge in [-0.1, -0.05) is 101 Å². The van der Waals surface area contributed by atoms with Crippen molar-refractivity contribution < 1.29 is 0 Å². The van der Waals surface area contributed by atoms with Crippen LogP contribution in [0.25, 0.3) is 0 Å². The molecule has 0 nitrogen and oxygen atoms in total. The Bertz CT molecular complexity index is 1880. The molecule has 0 N–H and O–H groups in total. The Kier molecular flexibility index (Phi) is 10.7. The Balaban J connectivity index is 1.48. The van der Waals surface area contributed by atoms with Crippen LogP contribution >= 0.6 is 88.4 Å². The third kappa shape index (κ3) is 6.48. The lowest BCUT2D eigenvalue weighted by molar-refractivity contribution is 0.328. The smallest absolute Gasteiger partial charge is 0.0319 e. The van der Waals surface area contributed by atoms with E-state index in [9.17, 15) is 0 Å². The van der Waals surface area contributed by atoms with Crippen molar-refractivity contribution >= 4 is 88.4 Å². The highest BCUT2D eigenvalue weighted by atomic mass is 32.1. The first-order valence-electron chi connectivity index (χ1n) is 16.4. The zero-order chi connectivity index (χ0) is 36.2. The van der Waals surface area contributed by atoms with Gasteiger partial charge in [0.05, 0.1) is 0 Å². The lowest BCUT2D eigenvalue weighted by Gasteiger charge is -2.46. The summed E-state index contributed by atoms with van der Waals surface area (Å²) in [4.78, 5) is 6.26. The molecule has 0 radical (unpaired) electrons. The average Bonchev–Trinajstić information content (AvgIpc) is 3.32. The van der Waals surface area contributed by atoms with Crippen LogP contribution < -0.4 is 0 Å². The summed E-state index contributed by atoms with van der Waals surface area (Å²) in [5.74, 6) is 0. The van der Waals surface area contributed by atoms with E-state index in [4.69, 9.17) is 37.9 Å². The lowest BCUT2D eigenvalue weighted by atomic mass is 9.57. The maximum atomic E-state index is 5.01. The van der Waals surface area contributed by atoms with Gasteiger partial charge in [0.1, 0.15) is 0 Å². The predicted octanol–water partition coefficient (Wildman–Crippen LogP) is 12.9. The molecule has 0 saturated carbocycles. The second-order valence-electron chi connectivity index (χ2n) is 14.2. The fraction of sp³-hybridized carbons (Fsp3) is 0.209. The van der Waals surface area contributed by atoms with E-state index in [1.54, 1.807) is 0 Å². The average molecular weight is 783 g/mol. The minimum Gasteiger partial charge on any atom is -0.143 e. The normalized spacial score (nSPS) is 17.7. The molecule has 0 bridgehead atoms. The second-order valence-corrected chi connectivity index (χ2v) is 17.7. The minimum absolute atomic E-state index is 0.428. The first-order valence-corrected chi connectivity index (χ1v) is 19.5. The SMILES string of the molecule is Cc1cc(S)ccc1C(C)(c1ccc(S)cc1S)C1(C)C=CC2=C(C=C1)C=CC(C)(C(C)(c1ccc(S)cc1S)c1ccc(S)cc1S)C=C2. The van der Waals surface area contributed by atoms with E-state index in [2.05, 4.69) is 176 Å². The van der Waals surface area contributed by atoms with Crippen LogP contribution in [0.1, 0.15) is 55.5 Å². The van der Waals surface area contributed by atoms with Crippen LogP contribution in [0.15, 0.2) is 167 Å². The molecule has 0 fully saturated rings. The number of rotatable bonds is 6. The summed E-state index contributed by atoms with van der Waals surface area (Å²) in [7, 11) is 0. The fourth-order valence-corrected chi connectivity index (χ4v) is 10.3. The molecule has 4 aromatic rings. The van der Waals surface area contributed by atoms with Gasteiger partial charge < -0.3 is 0 Å². The van der Waals surface area contributed by atoms with Crippen molar-refractivity contribution in [3.63, 3.8) is 0 Å². The molecule has 0 heterocycles. The largest absolute Gasteiger partial charge is 0.143 e. The van der Waals surface area contributed by atoms with E-state index in [0.717, 1.165) is 62.1 Å². The van der Waals surface area contributed by atoms with Gasteiger partial charge in [-0.15, -0.1) is 88.4 Å². The summed E-state index contributed by atoms with van der Waals surface area (Å²) < 4.78 is 0. The zero-order valence-corrected chi connectivity index (χ0v) is 34.9. The van der Waals surface area contributed by atoms with Gasteiger partial charge in [0.15, 0.2) is 0 Å². The van der Waals surface area contributed by atoms with Crippen LogP contribution in [0.5, 0.6) is 0 Å². The number of thiol groups is 7. The van der Waals surface area contributed by atoms with Gasteiger partial charge in [0.2, 0.25) is 0 Å². The molecule has 6 rings (SSSR count). The first kappa shape index (κ1) is 37.8. The van der Waals surface area contributed by atoms with Crippen LogP contribution in [-0.2, 0) is 10.8 Å². The van der Waals surface area contributed by atoms with Crippen molar-refractivity contribution in [2.45, 2.75) is 79.7 Å². The summed E-state index contributed by atoms with van der Waals surface area (Å²) in [5, 5.41) is 0. The summed E-state index contributed by atoms with van der Waals surface area (Å²) >= 11 is 33.5. The van der Waals surface area contributed by atoms with E-state index in [1.807, 2.05) is 30.3 Å². The Morgan fingerprint density at radius 2 is 0.700 bits per heavy atom. The minimum atomic E-state index is -0.541. The van der Waals surface area contributed by atoms with Crippen molar-refractivity contribution in [2.24, 2.45) is 10.8 Å². The summed E-state index contributed by atoms with van der Waals surface area (Å²) in [6.45, 7) is 11.4. The van der Waals surface area contributed by atoms with E-state index >= 15 is 0 Å². The molecule has 0 aliphatic heterocycles. The molecule has 2 aliphatic carbocycles. The van der Waals surface area contributed by atoms with E-state index in [0.29, 0.717) is 0 Å². The maximum absolute atomic E-state index is 5.01. The quantitative estimate of drug-likeness (QED) is 0.0931. The van der Waals surface area contributed by atoms with Crippen molar-refractivity contribution in [1.29, 1.82) is 0 Å². The second kappa shape index (κ2) is 14.1. The molecule has 50 heavy (non-hydrogen) atoms. The molecule has 7 heteroatoms. The molecule has 0 aromatic heterocycles. The molecule has 4 aromatic carbocycles. The molecule has 1 unspecified atom stereocenters. The van der Waals surface area contributed by atoms with Crippen molar-refractivity contribution in [1.82, 2.24) is 0 Å². The summed E-state index contributed by atoms with van der Waals surface area (Å²) in [6.07, 6.45) is 18.5. The van der Waals surface area contributed by atoms with Crippen LogP contribution in [0.3, 0.4) is 0 Å². The van der Waals surface area contributed by atoms with Gasteiger partial charge in [0.25, 0.3) is 0 Å². The van der Waals surface area contributed by atoms with Crippen molar-refractivity contribution in [3.8, 4) is 0 Å². The monoisotopic (exact) mass is 782 g/mol. The van der Waals surface area contributed by atoms with Gasteiger partial charge >= 0.3 is 0 Å². The highest BCUT2D eigenvalue weighted by molar-refractivity contribution is 7.82. The van der Waals surface area contributed by atoms with Gasteiger partial charge in [-0.05, 0) is 94.4 Å². The molecule has 0 spiro atoms.